The van der Waals surface area contributed by atoms with Gasteiger partial charge in [0.05, 0.1) is 16.2 Å². The molecule has 0 fully saturated rings. The molecule has 148 valence electrons. The molecule has 0 bridgehead atoms. The van der Waals surface area contributed by atoms with Gasteiger partial charge in [0.15, 0.2) is 6.61 Å². The number of nitrogens with zero attached hydrogens (tertiary/aromatic N) is 3. The molecule has 0 aliphatic carbocycles. The van der Waals surface area contributed by atoms with Crippen LogP contribution in [0.25, 0.3) is 11.3 Å². The number of amides is 1. The monoisotopic (exact) mass is 414 g/mol. The zero-order valence-corrected chi connectivity index (χ0v) is 15.9. The summed E-state index contributed by atoms with van der Waals surface area (Å²) in [7, 11) is 1.66. The van der Waals surface area contributed by atoms with Crippen LogP contribution < -0.4 is 5.32 Å². The van der Waals surface area contributed by atoms with Crippen molar-refractivity contribution in [2.24, 2.45) is 7.05 Å². The highest BCUT2D eigenvalue weighted by Crippen LogP contribution is 2.23. The summed E-state index contributed by atoms with van der Waals surface area (Å²) in [5.74, 6) is -0.890. The van der Waals surface area contributed by atoms with Crippen molar-refractivity contribution in [1.29, 1.82) is 0 Å². The number of carbonyl (C=O) groups is 2. The van der Waals surface area contributed by atoms with E-state index < -0.39 is 23.4 Å². The number of benzene rings is 2. The second-order valence-electron chi connectivity index (χ2n) is 5.97. The number of rotatable bonds is 6. The molecule has 3 rings (SSSR count). The third-order valence-corrected chi connectivity index (χ3v) is 4.19. The lowest BCUT2D eigenvalue weighted by Crippen LogP contribution is -2.22. The van der Waals surface area contributed by atoms with Crippen molar-refractivity contribution < 1.29 is 19.2 Å². The number of nitro groups is 1. The number of aryl methyl sites for hydroxylation is 1. The van der Waals surface area contributed by atoms with Gasteiger partial charge in [0.1, 0.15) is 5.82 Å². The minimum absolute atomic E-state index is 0.106. The number of anilines is 1. The van der Waals surface area contributed by atoms with Crippen LogP contribution >= 0.6 is 11.6 Å². The van der Waals surface area contributed by atoms with Gasteiger partial charge in [-0.2, -0.15) is 5.10 Å². The van der Waals surface area contributed by atoms with Crippen LogP contribution in [0.2, 0.25) is 5.02 Å². The number of esters is 1. The van der Waals surface area contributed by atoms with Crippen LogP contribution in [-0.4, -0.2) is 33.2 Å². The van der Waals surface area contributed by atoms with Gasteiger partial charge in [-0.05, 0) is 24.3 Å². The number of nitrogens with one attached hydrogen (secondary N) is 1. The first-order valence-corrected chi connectivity index (χ1v) is 8.72. The Kier molecular flexibility index (Phi) is 5.89. The third kappa shape index (κ3) is 4.96. The maximum Gasteiger partial charge on any atom is 0.338 e. The molecular weight excluding hydrogens is 400 g/mol. The minimum atomic E-state index is -0.762. The van der Waals surface area contributed by atoms with Crippen LogP contribution in [0.4, 0.5) is 11.5 Å². The van der Waals surface area contributed by atoms with Gasteiger partial charge in [0, 0.05) is 35.8 Å². The van der Waals surface area contributed by atoms with E-state index in [-0.39, 0.29) is 11.3 Å². The van der Waals surface area contributed by atoms with Crippen LogP contribution in [-0.2, 0) is 16.6 Å². The Balaban J connectivity index is 1.58. The quantitative estimate of drug-likeness (QED) is 0.375. The highest BCUT2D eigenvalue weighted by atomic mass is 35.5. The molecule has 0 aliphatic heterocycles. The number of ether oxygens (including phenoxy) is 1. The molecule has 1 heterocycles. The van der Waals surface area contributed by atoms with Crippen molar-refractivity contribution in [2.45, 2.75) is 0 Å². The summed E-state index contributed by atoms with van der Waals surface area (Å²) in [5.41, 5.74) is 1.43. The van der Waals surface area contributed by atoms with E-state index >= 15 is 0 Å². The number of hydrogen-bond acceptors (Lipinski definition) is 6. The van der Waals surface area contributed by atoms with Gasteiger partial charge < -0.3 is 10.1 Å². The second kappa shape index (κ2) is 8.53. The van der Waals surface area contributed by atoms with Crippen molar-refractivity contribution in [3.8, 4) is 11.3 Å². The van der Waals surface area contributed by atoms with Gasteiger partial charge in [-0.15, -0.1) is 0 Å². The van der Waals surface area contributed by atoms with Crippen molar-refractivity contribution >= 4 is 35.0 Å². The molecule has 29 heavy (non-hydrogen) atoms. The smallest absolute Gasteiger partial charge is 0.338 e. The number of nitro benzene ring substituents is 1. The van der Waals surface area contributed by atoms with Gasteiger partial charge in [-0.3, -0.25) is 19.6 Å². The first-order valence-electron chi connectivity index (χ1n) is 8.35. The van der Waals surface area contributed by atoms with Gasteiger partial charge in [-0.25, -0.2) is 4.79 Å². The number of hydrogen-bond donors (Lipinski definition) is 1. The molecule has 0 spiro atoms. The average Bonchev–Trinajstić information content (AvgIpc) is 3.07. The van der Waals surface area contributed by atoms with Crippen LogP contribution in [0.5, 0.6) is 0 Å². The molecule has 0 unspecified atom stereocenters. The Morgan fingerprint density at radius 2 is 1.83 bits per heavy atom. The largest absolute Gasteiger partial charge is 0.452 e. The lowest BCUT2D eigenvalue weighted by molar-refractivity contribution is -0.384. The Labute approximate surface area is 170 Å². The normalized spacial score (nSPS) is 10.4. The zero-order chi connectivity index (χ0) is 21.0. The summed E-state index contributed by atoms with van der Waals surface area (Å²) in [6.07, 6.45) is 0. The Hall–Kier alpha value is -3.72. The van der Waals surface area contributed by atoms with Crippen LogP contribution in [0.15, 0.2) is 54.6 Å². The average molecular weight is 415 g/mol. The Bertz CT molecular complexity index is 1060. The third-order valence-electron chi connectivity index (χ3n) is 3.94. The molecule has 1 aromatic heterocycles. The predicted molar refractivity (Wildman–Crippen MR) is 106 cm³/mol. The molecule has 9 nitrogen and oxygen atoms in total. The maximum atomic E-state index is 12.1. The minimum Gasteiger partial charge on any atom is -0.452 e. The van der Waals surface area contributed by atoms with E-state index in [2.05, 4.69) is 10.4 Å². The fourth-order valence-electron chi connectivity index (χ4n) is 2.46. The van der Waals surface area contributed by atoms with Crippen molar-refractivity contribution in [3.05, 3.63) is 75.3 Å². The number of carbonyl (C=O) groups excluding carboxylic acids is 2. The van der Waals surface area contributed by atoms with Gasteiger partial charge >= 0.3 is 5.97 Å². The van der Waals surface area contributed by atoms with Crippen LogP contribution in [0, 0.1) is 10.1 Å². The van der Waals surface area contributed by atoms with Crippen LogP contribution in [0.3, 0.4) is 0 Å². The molecule has 2 aromatic carbocycles. The molecule has 10 heteroatoms. The fraction of sp³-hybridized carbons (Fsp3) is 0.105. The first-order chi connectivity index (χ1) is 13.8. The van der Waals surface area contributed by atoms with Crippen molar-refractivity contribution in [3.63, 3.8) is 0 Å². The van der Waals surface area contributed by atoms with Crippen molar-refractivity contribution in [1.82, 2.24) is 9.78 Å². The second-order valence-corrected chi connectivity index (χ2v) is 6.41. The lowest BCUT2D eigenvalue weighted by Gasteiger charge is -2.06. The molecule has 0 saturated carbocycles. The van der Waals surface area contributed by atoms with Crippen molar-refractivity contribution in [2.75, 3.05) is 11.9 Å². The number of halogens is 1. The maximum absolute atomic E-state index is 12.1. The molecule has 1 amide bonds. The summed E-state index contributed by atoms with van der Waals surface area (Å²) < 4.78 is 6.43. The standard InChI is InChI=1S/C19H15ClN4O5/c1-23-17(10-16(22-23)12-2-6-14(20)7-3-12)21-18(25)11-29-19(26)13-4-8-15(9-5-13)24(27)28/h2-10H,11H2,1H3,(H,21,25). The van der Waals surface area contributed by atoms with Gasteiger partial charge in [0.25, 0.3) is 11.6 Å². The summed E-state index contributed by atoms with van der Waals surface area (Å²) in [5, 5.41) is 18.2. The predicted octanol–water partition coefficient (Wildman–Crippen LogP) is 3.44. The lowest BCUT2D eigenvalue weighted by atomic mass is 10.1. The Morgan fingerprint density at radius 1 is 1.17 bits per heavy atom. The molecular formula is C19H15ClN4O5. The summed E-state index contributed by atoms with van der Waals surface area (Å²) in [6, 6.07) is 13.7. The number of aromatic nitrogens is 2. The molecule has 0 atom stereocenters. The summed E-state index contributed by atoms with van der Waals surface area (Å²) in [4.78, 5) is 34.1. The van der Waals surface area contributed by atoms with Gasteiger partial charge in [0.2, 0.25) is 0 Å². The van der Waals surface area contributed by atoms with Gasteiger partial charge in [-0.1, -0.05) is 23.7 Å². The molecule has 3 aromatic rings. The van der Waals surface area contributed by atoms with E-state index in [0.717, 1.165) is 5.56 Å². The molecule has 1 N–H and O–H groups in total. The molecule has 0 radical (unpaired) electrons. The van der Waals surface area contributed by atoms with E-state index in [0.29, 0.717) is 16.5 Å². The summed E-state index contributed by atoms with van der Waals surface area (Å²) >= 11 is 5.88. The van der Waals surface area contributed by atoms with E-state index in [1.807, 2.05) is 12.1 Å². The van der Waals surface area contributed by atoms with E-state index in [1.54, 1.807) is 25.2 Å². The van der Waals surface area contributed by atoms with E-state index in [4.69, 9.17) is 16.3 Å². The topological polar surface area (TPSA) is 116 Å². The zero-order valence-electron chi connectivity index (χ0n) is 15.2. The van der Waals surface area contributed by atoms with Crippen LogP contribution in [0.1, 0.15) is 10.4 Å². The summed E-state index contributed by atoms with van der Waals surface area (Å²) in [6.45, 7) is -0.517. The highest BCUT2D eigenvalue weighted by Gasteiger charge is 2.14. The fourth-order valence-corrected chi connectivity index (χ4v) is 2.58. The number of non-ortho nitro benzene ring substituents is 1. The first kappa shape index (κ1) is 20.0. The highest BCUT2D eigenvalue weighted by molar-refractivity contribution is 6.30. The molecule has 0 aliphatic rings. The Morgan fingerprint density at radius 3 is 2.45 bits per heavy atom. The van der Waals surface area contributed by atoms with E-state index in [9.17, 15) is 19.7 Å². The van der Waals surface area contributed by atoms with E-state index in [1.165, 1.54) is 28.9 Å². The molecule has 0 saturated heterocycles. The SMILES string of the molecule is Cn1nc(-c2ccc(Cl)cc2)cc1NC(=O)COC(=O)c1ccc([N+](=O)[O-])cc1.